The van der Waals surface area contributed by atoms with Crippen molar-refractivity contribution in [2.75, 3.05) is 18.0 Å². The molecule has 1 saturated heterocycles. The summed E-state index contributed by atoms with van der Waals surface area (Å²) < 4.78 is 19.9. The number of carbonyl (C=O) groups is 2. The number of amides is 2. The Balaban J connectivity index is 1.75. The quantitative estimate of drug-likeness (QED) is 0.706. The highest BCUT2D eigenvalue weighted by Crippen LogP contribution is 2.39. The van der Waals surface area contributed by atoms with Crippen LogP contribution in [0.5, 0.6) is 0 Å². The van der Waals surface area contributed by atoms with Gasteiger partial charge in [-0.15, -0.1) is 0 Å². The molecule has 2 aromatic rings. The summed E-state index contributed by atoms with van der Waals surface area (Å²) in [5, 5.41) is 11.8. The van der Waals surface area contributed by atoms with Gasteiger partial charge in [-0.3, -0.25) is 4.79 Å². The molecule has 1 aromatic heterocycles. The molecule has 2 aliphatic heterocycles. The zero-order valence-electron chi connectivity index (χ0n) is 15.7. The molecule has 0 spiro atoms. The van der Waals surface area contributed by atoms with E-state index in [1.807, 2.05) is 4.90 Å². The molecule has 154 valence electrons. The maximum Gasteiger partial charge on any atom is 0.404 e. The molecule has 0 saturated carbocycles. The number of aromatic nitrogens is 1. The van der Waals surface area contributed by atoms with Crippen LogP contribution < -0.4 is 16.0 Å². The summed E-state index contributed by atoms with van der Waals surface area (Å²) in [4.78, 5) is 30.2. The van der Waals surface area contributed by atoms with Gasteiger partial charge in [-0.2, -0.15) is 5.26 Å². The molecule has 1 fully saturated rings. The first-order chi connectivity index (χ1) is 14.4. The number of anilines is 1. The first-order valence-electron chi connectivity index (χ1n) is 9.30. The lowest BCUT2D eigenvalue weighted by Crippen LogP contribution is -2.40. The minimum Gasteiger partial charge on any atom is -0.446 e. The van der Waals surface area contributed by atoms with Gasteiger partial charge in [0.2, 0.25) is 0 Å². The molecule has 0 bridgehead atoms. The van der Waals surface area contributed by atoms with Crippen LogP contribution in [0.1, 0.15) is 34.3 Å². The van der Waals surface area contributed by atoms with Crippen LogP contribution in [0.3, 0.4) is 0 Å². The largest absolute Gasteiger partial charge is 0.446 e. The van der Waals surface area contributed by atoms with Crippen molar-refractivity contribution in [3.63, 3.8) is 0 Å². The van der Waals surface area contributed by atoms with Gasteiger partial charge in [0.25, 0.3) is 5.91 Å². The van der Waals surface area contributed by atoms with E-state index in [0.29, 0.717) is 59.6 Å². The second kappa shape index (κ2) is 7.91. The van der Waals surface area contributed by atoms with Gasteiger partial charge in [-0.1, -0.05) is 6.07 Å². The molecule has 3 heterocycles. The molecule has 1 aromatic carbocycles. The van der Waals surface area contributed by atoms with Crippen molar-refractivity contribution >= 4 is 33.7 Å². The number of carbonyl (C=O) groups excluding carboxylic acids is 2. The van der Waals surface area contributed by atoms with Crippen LogP contribution in [0.25, 0.3) is 11.3 Å². The average Bonchev–Trinajstić information content (AvgIpc) is 3.11. The molecule has 8 nitrogen and oxygen atoms in total. The number of piperidine rings is 1. The number of nitrogens with one attached hydrogen (secondary N) is 1. The lowest BCUT2D eigenvalue weighted by molar-refractivity contribution is 0.0911. The topological polar surface area (TPSA) is 121 Å². The van der Waals surface area contributed by atoms with Crippen LogP contribution >= 0.6 is 15.9 Å². The monoisotopic (exact) mass is 473 g/mol. The third kappa shape index (κ3) is 3.57. The normalized spacial score (nSPS) is 16.0. The Morgan fingerprint density at radius 1 is 1.40 bits per heavy atom. The molecular formula is C20H17BrFN5O3. The molecule has 0 unspecified atom stereocenters. The van der Waals surface area contributed by atoms with Gasteiger partial charge >= 0.3 is 6.09 Å². The van der Waals surface area contributed by atoms with E-state index in [1.54, 1.807) is 12.1 Å². The number of primary amides is 1. The van der Waals surface area contributed by atoms with Gasteiger partial charge in [-0.05, 0) is 28.1 Å². The van der Waals surface area contributed by atoms with E-state index in [9.17, 15) is 14.0 Å². The fourth-order valence-corrected chi connectivity index (χ4v) is 4.44. The van der Waals surface area contributed by atoms with Crippen molar-refractivity contribution in [3.8, 4) is 17.3 Å². The van der Waals surface area contributed by atoms with Gasteiger partial charge in [0, 0.05) is 48.1 Å². The molecule has 0 atom stereocenters. The van der Waals surface area contributed by atoms with Crippen molar-refractivity contribution in [1.29, 1.82) is 5.26 Å². The Morgan fingerprint density at radius 2 is 2.13 bits per heavy atom. The number of pyridine rings is 1. The zero-order chi connectivity index (χ0) is 21.4. The van der Waals surface area contributed by atoms with E-state index in [1.165, 1.54) is 12.1 Å². The highest BCUT2D eigenvalue weighted by Gasteiger charge is 2.33. The highest BCUT2D eigenvalue weighted by atomic mass is 79.9. The molecule has 4 rings (SSSR count). The summed E-state index contributed by atoms with van der Waals surface area (Å²) in [5.41, 5.74) is 7.26. The summed E-state index contributed by atoms with van der Waals surface area (Å²) in [6.07, 6.45) is 0.0271. The fourth-order valence-electron chi connectivity index (χ4n) is 3.78. The second-order valence-electron chi connectivity index (χ2n) is 7.06. The number of ether oxygens (including phenoxy) is 1. The number of benzene rings is 1. The van der Waals surface area contributed by atoms with Crippen molar-refractivity contribution in [3.05, 3.63) is 45.2 Å². The third-order valence-corrected chi connectivity index (χ3v) is 6.11. The van der Waals surface area contributed by atoms with Gasteiger partial charge in [0.1, 0.15) is 23.8 Å². The maximum absolute atomic E-state index is 14.2. The van der Waals surface area contributed by atoms with Crippen molar-refractivity contribution in [1.82, 2.24) is 10.3 Å². The average molecular weight is 474 g/mol. The summed E-state index contributed by atoms with van der Waals surface area (Å²) in [6, 6.07) is 6.10. The lowest BCUT2D eigenvalue weighted by atomic mass is 10.0. The number of nitriles is 1. The van der Waals surface area contributed by atoms with E-state index in [-0.39, 0.29) is 17.6 Å². The van der Waals surface area contributed by atoms with Crippen molar-refractivity contribution < 1.29 is 18.7 Å². The Morgan fingerprint density at radius 3 is 2.77 bits per heavy atom. The molecule has 2 amide bonds. The van der Waals surface area contributed by atoms with Gasteiger partial charge in [0.15, 0.2) is 0 Å². The van der Waals surface area contributed by atoms with Gasteiger partial charge in [0.05, 0.1) is 16.8 Å². The minimum atomic E-state index is -0.805. The van der Waals surface area contributed by atoms with Gasteiger partial charge in [-0.25, -0.2) is 14.2 Å². The highest BCUT2D eigenvalue weighted by molar-refractivity contribution is 9.10. The maximum atomic E-state index is 14.2. The van der Waals surface area contributed by atoms with Crippen molar-refractivity contribution in [2.24, 2.45) is 5.73 Å². The summed E-state index contributed by atoms with van der Waals surface area (Å²) >= 11 is 3.52. The number of rotatable bonds is 3. The first kappa shape index (κ1) is 20.1. The smallest absolute Gasteiger partial charge is 0.404 e. The molecule has 30 heavy (non-hydrogen) atoms. The summed E-state index contributed by atoms with van der Waals surface area (Å²) in [7, 11) is 0. The lowest BCUT2D eigenvalue weighted by Gasteiger charge is -2.33. The standard InChI is InChI=1S/C20H17BrFN5O3/c21-16-13-9-25-19(28)15(13)18(27-5-3-12(4-6-27)30-20(24)29)26-17(16)10-1-2-11(8-23)14(22)7-10/h1-2,7,12H,3-6,9H2,(H2,24,29)(H,25,28). The molecule has 0 aliphatic carbocycles. The van der Waals surface area contributed by atoms with E-state index >= 15 is 0 Å². The van der Waals surface area contributed by atoms with Crippen LogP contribution in [0, 0.1) is 17.1 Å². The van der Waals surface area contributed by atoms with Crippen LogP contribution in [0.4, 0.5) is 15.0 Å². The molecule has 3 N–H and O–H groups in total. The van der Waals surface area contributed by atoms with E-state index in [2.05, 4.69) is 21.2 Å². The number of hydrogen-bond donors (Lipinski definition) is 2. The Labute approximate surface area is 179 Å². The van der Waals surface area contributed by atoms with Gasteiger partial charge < -0.3 is 20.7 Å². The Bertz CT molecular complexity index is 1090. The van der Waals surface area contributed by atoms with Crippen LogP contribution in [0.15, 0.2) is 22.7 Å². The molecular weight excluding hydrogens is 457 g/mol. The van der Waals surface area contributed by atoms with Crippen LogP contribution in [0.2, 0.25) is 0 Å². The van der Waals surface area contributed by atoms with Crippen molar-refractivity contribution in [2.45, 2.75) is 25.5 Å². The predicted molar refractivity (Wildman–Crippen MR) is 109 cm³/mol. The van der Waals surface area contributed by atoms with E-state index in [0.717, 1.165) is 5.56 Å². The van der Waals surface area contributed by atoms with E-state index in [4.69, 9.17) is 20.7 Å². The number of nitrogens with two attached hydrogens (primary N) is 1. The van der Waals surface area contributed by atoms with E-state index < -0.39 is 11.9 Å². The number of halogens is 2. The summed E-state index contributed by atoms with van der Waals surface area (Å²) in [6.45, 7) is 1.37. The third-order valence-electron chi connectivity index (χ3n) is 5.26. The molecule has 2 aliphatic rings. The van der Waals surface area contributed by atoms with Crippen LogP contribution in [-0.2, 0) is 11.3 Å². The van der Waals surface area contributed by atoms with Crippen LogP contribution in [-0.4, -0.2) is 36.2 Å². The second-order valence-corrected chi connectivity index (χ2v) is 7.86. The first-order valence-corrected chi connectivity index (χ1v) is 10.1. The fraction of sp³-hybridized carbons (Fsp3) is 0.300. The number of fused-ring (bicyclic) bond motifs is 1. The molecule has 10 heteroatoms. The number of hydrogen-bond acceptors (Lipinski definition) is 6. The SMILES string of the molecule is N#Cc1ccc(-c2nc(N3CCC(OC(N)=O)CC3)c3c(c2Br)CNC3=O)cc1F. The minimum absolute atomic E-state index is 0.0513. The Hall–Kier alpha value is -3.19. The zero-order valence-corrected chi connectivity index (χ0v) is 17.3. The molecule has 0 radical (unpaired) electrons. The Kier molecular flexibility index (Phi) is 5.30. The predicted octanol–water partition coefficient (Wildman–Crippen LogP) is 2.83. The number of nitrogens with zero attached hydrogens (tertiary/aromatic N) is 3. The summed E-state index contributed by atoms with van der Waals surface area (Å²) in [5.74, 6) is -0.355.